The second kappa shape index (κ2) is 6.84. The van der Waals surface area contributed by atoms with Crippen LogP contribution in [0, 0.1) is 6.92 Å². The summed E-state index contributed by atoms with van der Waals surface area (Å²) in [5.74, 6) is 0.340. The average Bonchev–Trinajstić information content (AvgIpc) is 3.19. The van der Waals surface area contributed by atoms with E-state index in [0.717, 1.165) is 17.0 Å². The summed E-state index contributed by atoms with van der Waals surface area (Å²) in [6.07, 6.45) is 0. The monoisotopic (exact) mass is 361 g/mol. The minimum atomic E-state index is -0.529. The lowest BCUT2D eigenvalue weighted by Gasteiger charge is -2.16. The van der Waals surface area contributed by atoms with E-state index in [2.05, 4.69) is 0 Å². The molecular weight excluding hydrogens is 342 g/mol. The first kappa shape index (κ1) is 17.4. The van der Waals surface area contributed by atoms with Gasteiger partial charge < -0.3 is 18.8 Å². The maximum absolute atomic E-state index is 12.3. The highest BCUT2D eigenvalue weighted by molar-refractivity contribution is 7.99. The van der Waals surface area contributed by atoms with Crippen LogP contribution in [0.1, 0.15) is 43.0 Å². The summed E-state index contributed by atoms with van der Waals surface area (Å²) in [6, 6.07) is 7.77. The molecule has 0 fully saturated rings. The maximum atomic E-state index is 12.3. The van der Waals surface area contributed by atoms with Gasteiger partial charge in [0.2, 0.25) is 0 Å². The van der Waals surface area contributed by atoms with E-state index in [1.54, 1.807) is 18.9 Å². The van der Waals surface area contributed by atoms with Crippen LogP contribution >= 0.6 is 11.8 Å². The number of hydrogen-bond donors (Lipinski definition) is 0. The van der Waals surface area contributed by atoms with Crippen LogP contribution < -0.4 is 4.74 Å². The fraction of sp³-hybridized carbons (Fsp3) is 0.333. The fourth-order valence-corrected chi connectivity index (χ4v) is 4.53. The predicted octanol–water partition coefficient (Wildman–Crippen LogP) is 3.17. The molecule has 132 valence electrons. The van der Waals surface area contributed by atoms with E-state index in [4.69, 9.17) is 14.2 Å². The lowest BCUT2D eigenvalue weighted by molar-refractivity contribution is 0.0555. The van der Waals surface area contributed by atoms with Crippen molar-refractivity contribution in [1.29, 1.82) is 0 Å². The number of methoxy groups -OCH3 is 3. The van der Waals surface area contributed by atoms with Gasteiger partial charge in [-0.15, -0.1) is 11.8 Å². The molecule has 1 aliphatic heterocycles. The van der Waals surface area contributed by atoms with Crippen LogP contribution in [0.3, 0.4) is 0 Å². The average molecular weight is 361 g/mol. The number of benzene rings is 1. The Morgan fingerprint density at radius 3 is 2.20 bits per heavy atom. The Morgan fingerprint density at radius 2 is 1.64 bits per heavy atom. The summed E-state index contributed by atoms with van der Waals surface area (Å²) < 4.78 is 17.0. The fourth-order valence-electron chi connectivity index (χ4n) is 3.15. The second-order valence-electron chi connectivity index (χ2n) is 5.57. The van der Waals surface area contributed by atoms with Crippen LogP contribution in [0.25, 0.3) is 0 Å². The van der Waals surface area contributed by atoms with Gasteiger partial charge in [0.25, 0.3) is 0 Å². The molecule has 25 heavy (non-hydrogen) atoms. The van der Waals surface area contributed by atoms with Crippen molar-refractivity contribution in [2.75, 3.05) is 21.3 Å². The first-order valence-corrected chi connectivity index (χ1v) is 8.74. The van der Waals surface area contributed by atoms with E-state index >= 15 is 0 Å². The van der Waals surface area contributed by atoms with E-state index in [1.165, 1.54) is 14.2 Å². The molecule has 2 heterocycles. The largest absolute Gasteiger partial charge is 0.497 e. The third-order valence-corrected chi connectivity index (χ3v) is 5.58. The minimum Gasteiger partial charge on any atom is -0.497 e. The molecule has 3 rings (SSSR count). The first-order chi connectivity index (χ1) is 12.0. The highest BCUT2D eigenvalue weighted by Gasteiger charge is 2.37. The number of carbonyl (C=O) groups excluding carboxylic acids is 2. The molecule has 1 aromatic heterocycles. The molecule has 0 N–H and O–H groups in total. The zero-order valence-corrected chi connectivity index (χ0v) is 15.3. The zero-order valence-electron chi connectivity index (χ0n) is 14.5. The summed E-state index contributed by atoms with van der Waals surface area (Å²) >= 11 is 1.69. The molecule has 0 saturated heterocycles. The van der Waals surface area contributed by atoms with Crippen molar-refractivity contribution in [3.63, 3.8) is 0 Å². The number of nitrogens with zero attached hydrogens (tertiary/aromatic N) is 1. The van der Waals surface area contributed by atoms with Crippen molar-refractivity contribution >= 4 is 23.7 Å². The zero-order chi connectivity index (χ0) is 18.1. The van der Waals surface area contributed by atoms with Gasteiger partial charge in [0.05, 0.1) is 32.5 Å². The number of fused-ring (bicyclic) bond motifs is 1. The summed E-state index contributed by atoms with van der Waals surface area (Å²) in [7, 11) is 4.24. The van der Waals surface area contributed by atoms with Crippen molar-refractivity contribution in [2.45, 2.75) is 18.1 Å². The SMILES string of the molecule is COC(=O)c1c(C(=O)OC)c2n(c1C)[C@H](c1ccc(OC)cc1)SC2. The standard InChI is InChI=1S/C18H19NO5S/c1-10-14(17(20)23-3)15(18(21)24-4)13-9-25-16(19(10)13)11-5-7-12(22-2)8-6-11/h5-8,16H,9H2,1-4H3/t16-/m0/s1. The number of esters is 2. The van der Waals surface area contributed by atoms with Crippen LogP contribution in [-0.2, 0) is 15.2 Å². The van der Waals surface area contributed by atoms with E-state index in [-0.39, 0.29) is 10.9 Å². The molecule has 1 aliphatic rings. The highest BCUT2D eigenvalue weighted by Crippen LogP contribution is 2.45. The Hall–Kier alpha value is -2.41. The number of ether oxygens (including phenoxy) is 3. The molecule has 0 bridgehead atoms. The smallest absolute Gasteiger partial charge is 0.340 e. The minimum absolute atomic E-state index is 0.0253. The van der Waals surface area contributed by atoms with Crippen molar-refractivity contribution in [3.05, 3.63) is 52.3 Å². The lowest BCUT2D eigenvalue weighted by atomic mass is 10.1. The Labute approximate surface area is 150 Å². The number of thioether (sulfide) groups is 1. The summed E-state index contributed by atoms with van der Waals surface area (Å²) in [6.45, 7) is 1.82. The predicted molar refractivity (Wildman–Crippen MR) is 94.3 cm³/mol. The van der Waals surface area contributed by atoms with E-state index < -0.39 is 11.9 Å². The first-order valence-electron chi connectivity index (χ1n) is 7.69. The van der Waals surface area contributed by atoms with E-state index in [1.807, 2.05) is 35.8 Å². The third-order valence-electron chi connectivity index (χ3n) is 4.34. The van der Waals surface area contributed by atoms with Gasteiger partial charge in [0, 0.05) is 17.1 Å². The molecule has 0 saturated carbocycles. The molecule has 1 aromatic carbocycles. The van der Waals surface area contributed by atoms with Crippen LogP contribution in [0.2, 0.25) is 0 Å². The lowest BCUT2D eigenvalue weighted by Crippen LogP contribution is -2.12. The van der Waals surface area contributed by atoms with Gasteiger partial charge in [0.1, 0.15) is 11.1 Å². The molecule has 0 unspecified atom stereocenters. The molecule has 0 radical (unpaired) electrons. The summed E-state index contributed by atoms with van der Waals surface area (Å²) in [5.41, 5.74) is 3.14. The van der Waals surface area contributed by atoms with Gasteiger partial charge in [-0.25, -0.2) is 9.59 Å². The molecule has 0 aliphatic carbocycles. The Morgan fingerprint density at radius 1 is 1.04 bits per heavy atom. The molecule has 1 atom stereocenters. The molecule has 0 spiro atoms. The van der Waals surface area contributed by atoms with Gasteiger partial charge >= 0.3 is 11.9 Å². The summed E-state index contributed by atoms with van der Waals surface area (Å²) in [5, 5.41) is -0.0253. The van der Waals surface area contributed by atoms with Gasteiger partial charge in [0.15, 0.2) is 0 Å². The quantitative estimate of drug-likeness (QED) is 0.779. The highest BCUT2D eigenvalue weighted by atomic mass is 32.2. The number of rotatable bonds is 4. The second-order valence-corrected chi connectivity index (χ2v) is 6.64. The van der Waals surface area contributed by atoms with Crippen molar-refractivity contribution < 1.29 is 23.8 Å². The molecular formula is C18H19NO5S. The maximum Gasteiger partial charge on any atom is 0.340 e. The summed E-state index contributed by atoms with van der Waals surface area (Å²) in [4.78, 5) is 24.5. The number of hydrogen-bond acceptors (Lipinski definition) is 6. The van der Waals surface area contributed by atoms with E-state index in [0.29, 0.717) is 17.0 Å². The van der Waals surface area contributed by atoms with Crippen molar-refractivity contribution in [2.24, 2.45) is 0 Å². The number of aromatic nitrogens is 1. The van der Waals surface area contributed by atoms with Gasteiger partial charge in [-0.05, 0) is 24.6 Å². The Bertz CT molecular complexity index is 825. The molecule has 7 heteroatoms. The van der Waals surface area contributed by atoms with Crippen LogP contribution in [0.4, 0.5) is 0 Å². The molecule has 2 aromatic rings. The molecule has 6 nitrogen and oxygen atoms in total. The van der Waals surface area contributed by atoms with Crippen LogP contribution in [0.15, 0.2) is 24.3 Å². The van der Waals surface area contributed by atoms with Crippen LogP contribution in [-0.4, -0.2) is 37.8 Å². The third kappa shape index (κ3) is 2.78. The molecule has 0 amide bonds. The van der Waals surface area contributed by atoms with Gasteiger partial charge in [-0.1, -0.05) is 12.1 Å². The van der Waals surface area contributed by atoms with Crippen molar-refractivity contribution in [1.82, 2.24) is 4.57 Å². The van der Waals surface area contributed by atoms with Gasteiger partial charge in [-0.2, -0.15) is 0 Å². The normalized spacial score (nSPS) is 15.6. The van der Waals surface area contributed by atoms with Gasteiger partial charge in [-0.3, -0.25) is 0 Å². The topological polar surface area (TPSA) is 66.8 Å². The Kier molecular flexibility index (Phi) is 4.76. The Balaban J connectivity index is 2.14. The van der Waals surface area contributed by atoms with E-state index in [9.17, 15) is 9.59 Å². The van der Waals surface area contributed by atoms with Crippen molar-refractivity contribution in [3.8, 4) is 5.75 Å². The number of carbonyl (C=O) groups is 2. The van der Waals surface area contributed by atoms with Crippen LogP contribution in [0.5, 0.6) is 5.75 Å².